The minimum absolute atomic E-state index is 0.575. The Balaban J connectivity index is 1.58. The quantitative estimate of drug-likeness (QED) is 0.768. The van der Waals surface area contributed by atoms with E-state index in [2.05, 4.69) is 10.3 Å². The molecule has 0 aromatic carbocycles. The molecule has 0 bridgehead atoms. The molecule has 1 unspecified atom stereocenters. The van der Waals surface area contributed by atoms with Crippen LogP contribution in [-0.2, 0) is 11.2 Å². The average Bonchev–Trinajstić information content (AvgIpc) is 2.37. The van der Waals surface area contributed by atoms with Crippen molar-refractivity contribution in [2.75, 3.05) is 19.8 Å². The topological polar surface area (TPSA) is 34.1 Å². The highest BCUT2D eigenvalue weighted by atomic mass is 16.5. The number of pyridine rings is 1. The third kappa shape index (κ3) is 3.91. The van der Waals surface area contributed by atoms with Gasteiger partial charge < -0.3 is 10.1 Å². The van der Waals surface area contributed by atoms with E-state index in [4.69, 9.17) is 4.74 Å². The Morgan fingerprint density at radius 3 is 2.94 bits per heavy atom. The highest BCUT2D eigenvalue weighted by Crippen LogP contribution is 2.07. The molecule has 1 fully saturated rings. The molecule has 2 heterocycles. The Kier molecular flexibility index (Phi) is 4.77. The summed E-state index contributed by atoms with van der Waals surface area (Å²) in [4.78, 5) is 4.00. The number of nitrogens with one attached hydrogen (secondary N) is 1. The Morgan fingerprint density at radius 1 is 1.31 bits per heavy atom. The number of aromatic nitrogens is 1. The second-order valence-corrected chi connectivity index (χ2v) is 4.33. The fourth-order valence-corrected chi connectivity index (χ4v) is 2.03. The Morgan fingerprint density at radius 2 is 2.19 bits per heavy atom. The van der Waals surface area contributed by atoms with E-state index in [0.717, 1.165) is 26.2 Å². The van der Waals surface area contributed by atoms with Gasteiger partial charge in [0.05, 0.1) is 13.2 Å². The van der Waals surface area contributed by atoms with Crippen molar-refractivity contribution in [2.45, 2.75) is 31.7 Å². The van der Waals surface area contributed by atoms with E-state index in [1.807, 2.05) is 24.5 Å². The maximum absolute atomic E-state index is 5.69. The molecule has 1 aliphatic rings. The number of piperidine rings is 1. The lowest BCUT2D eigenvalue weighted by molar-refractivity contribution is 0.105. The van der Waals surface area contributed by atoms with Gasteiger partial charge in [-0.05, 0) is 43.5 Å². The Hall–Kier alpha value is -0.930. The monoisotopic (exact) mass is 220 g/mol. The van der Waals surface area contributed by atoms with E-state index in [1.54, 1.807) is 0 Å². The van der Waals surface area contributed by atoms with E-state index in [0.29, 0.717) is 6.04 Å². The van der Waals surface area contributed by atoms with Gasteiger partial charge >= 0.3 is 0 Å². The van der Waals surface area contributed by atoms with Gasteiger partial charge in [0.15, 0.2) is 0 Å². The molecule has 1 atom stereocenters. The zero-order chi connectivity index (χ0) is 11.1. The van der Waals surface area contributed by atoms with Crippen LogP contribution in [0.25, 0.3) is 0 Å². The number of rotatable bonds is 5. The zero-order valence-electron chi connectivity index (χ0n) is 9.69. The molecule has 3 nitrogen and oxygen atoms in total. The molecule has 2 rings (SSSR count). The zero-order valence-corrected chi connectivity index (χ0v) is 9.69. The molecular formula is C13H20N2O. The van der Waals surface area contributed by atoms with Crippen LogP contribution in [0.5, 0.6) is 0 Å². The van der Waals surface area contributed by atoms with Gasteiger partial charge in [-0.2, -0.15) is 0 Å². The molecule has 0 radical (unpaired) electrons. The number of ether oxygens (including phenoxy) is 1. The molecule has 1 aromatic rings. The fraction of sp³-hybridized carbons (Fsp3) is 0.615. The lowest BCUT2D eigenvalue weighted by Crippen LogP contribution is -2.37. The third-order valence-electron chi connectivity index (χ3n) is 3.02. The van der Waals surface area contributed by atoms with Crippen LogP contribution in [0.3, 0.4) is 0 Å². The van der Waals surface area contributed by atoms with E-state index >= 15 is 0 Å². The van der Waals surface area contributed by atoms with Gasteiger partial charge in [-0.25, -0.2) is 0 Å². The summed E-state index contributed by atoms with van der Waals surface area (Å²) in [6, 6.07) is 4.66. The normalized spacial score (nSPS) is 20.9. The summed E-state index contributed by atoms with van der Waals surface area (Å²) >= 11 is 0. The molecule has 1 N–H and O–H groups in total. The average molecular weight is 220 g/mol. The second kappa shape index (κ2) is 6.61. The van der Waals surface area contributed by atoms with Crippen LogP contribution in [0.2, 0.25) is 0 Å². The molecule has 0 saturated carbocycles. The fourth-order valence-electron chi connectivity index (χ4n) is 2.03. The standard InChI is InChI=1S/C13H20N2O/c1-2-7-15-13(3-1)11-16-10-6-12-4-8-14-9-5-12/h4-5,8-9,13,15H,1-3,6-7,10-11H2. The predicted molar refractivity (Wildman–Crippen MR) is 64.4 cm³/mol. The van der Waals surface area contributed by atoms with Crippen LogP contribution >= 0.6 is 0 Å². The first-order chi connectivity index (χ1) is 7.95. The van der Waals surface area contributed by atoms with Gasteiger partial charge in [0, 0.05) is 18.4 Å². The van der Waals surface area contributed by atoms with E-state index < -0.39 is 0 Å². The van der Waals surface area contributed by atoms with Crippen LogP contribution in [0.1, 0.15) is 24.8 Å². The summed E-state index contributed by atoms with van der Waals surface area (Å²) in [5.74, 6) is 0. The molecule has 1 saturated heterocycles. The van der Waals surface area contributed by atoms with Gasteiger partial charge in [0.25, 0.3) is 0 Å². The minimum atomic E-state index is 0.575. The van der Waals surface area contributed by atoms with Gasteiger partial charge in [0.1, 0.15) is 0 Å². The number of hydrogen-bond acceptors (Lipinski definition) is 3. The van der Waals surface area contributed by atoms with Crippen molar-refractivity contribution in [2.24, 2.45) is 0 Å². The summed E-state index contributed by atoms with van der Waals surface area (Å²) in [6.07, 6.45) is 8.56. The lowest BCUT2D eigenvalue weighted by Gasteiger charge is -2.23. The second-order valence-electron chi connectivity index (χ2n) is 4.33. The van der Waals surface area contributed by atoms with Crippen molar-refractivity contribution in [3.05, 3.63) is 30.1 Å². The smallest absolute Gasteiger partial charge is 0.0619 e. The molecule has 88 valence electrons. The maximum atomic E-state index is 5.69. The van der Waals surface area contributed by atoms with Crippen LogP contribution in [0, 0.1) is 0 Å². The molecule has 1 aliphatic heterocycles. The van der Waals surface area contributed by atoms with Crippen LogP contribution in [0.4, 0.5) is 0 Å². The van der Waals surface area contributed by atoms with Crippen molar-refractivity contribution in [3.8, 4) is 0 Å². The van der Waals surface area contributed by atoms with E-state index in [-0.39, 0.29) is 0 Å². The first kappa shape index (κ1) is 11.6. The predicted octanol–water partition coefficient (Wildman–Crippen LogP) is 1.78. The van der Waals surface area contributed by atoms with Gasteiger partial charge in [0.2, 0.25) is 0 Å². The molecule has 3 heteroatoms. The number of nitrogens with zero attached hydrogens (tertiary/aromatic N) is 1. The van der Waals surface area contributed by atoms with Crippen molar-refractivity contribution in [3.63, 3.8) is 0 Å². The Bertz CT molecular complexity index is 283. The molecule has 0 amide bonds. The highest BCUT2D eigenvalue weighted by molar-refractivity contribution is 5.09. The third-order valence-corrected chi connectivity index (χ3v) is 3.02. The Labute approximate surface area is 97.2 Å². The lowest BCUT2D eigenvalue weighted by atomic mass is 10.1. The SMILES string of the molecule is c1cc(CCOCC2CCCCN2)ccn1. The van der Waals surface area contributed by atoms with Crippen molar-refractivity contribution < 1.29 is 4.74 Å². The number of hydrogen-bond donors (Lipinski definition) is 1. The summed E-state index contributed by atoms with van der Waals surface area (Å²) in [6.45, 7) is 2.81. The van der Waals surface area contributed by atoms with Gasteiger partial charge in [-0.1, -0.05) is 6.42 Å². The van der Waals surface area contributed by atoms with Crippen molar-refractivity contribution in [1.82, 2.24) is 10.3 Å². The van der Waals surface area contributed by atoms with Crippen LogP contribution in [-0.4, -0.2) is 30.8 Å². The summed E-state index contributed by atoms with van der Waals surface area (Å²) < 4.78 is 5.69. The first-order valence-corrected chi connectivity index (χ1v) is 6.15. The van der Waals surface area contributed by atoms with Crippen LogP contribution in [0.15, 0.2) is 24.5 Å². The van der Waals surface area contributed by atoms with Crippen LogP contribution < -0.4 is 5.32 Å². The van der Waals surface area contributed by atoms with E-state index in [9.17, 15) is 0 Å². The first-order valence-electron chi connectivity index (χ1n) is 6.15. The molecule has 0 spiro atoms. The van der Waals surface area contributed by atoms with Crippen molar-refractivity contribution >= 4 is 0 Å². The van der Waals surface area contributed by atoms with E-state index in [1.165, 1.54) is 24.8 Å². The molecular weight excluding hydrogens is 200 g/mol. The molecule has 1 aromatic heterocycles. The molecule has 0 aliphatic carbocycles. The van der Waals surface area contributed by atoms with Crippen molar-refractivity contribution in [1.29, 1.82) is 0 Å². The summed E-state index contributed by atoms with van der Waals surface area (Å²) in [5, 5.41) is 3.48. The largest absolute Gasteiger partial charge is 0.379 e. The maximum Gasteiger partial charge on any atom is 0.0619 e. The minimum Gasteiger partial charge on any atom is -0.379 e. The van der Waals surface area contributed by atoms with Gasteiger partial charge in [-0.15, -0.1) is 0 Å². The summed E-state index contributed by atoms with van der Waals surface area (Å²) in [7, 11) is 0. The molecule has 16 heavy (non-hydrogen) atoms. The highest BCUT2D eigenvalue weighted by Gasteiger charge is 2.11. The summed E-state index contributed by atoms with van der Waals surface area (Å²) in [5.41, 5.74) is 1.30. The van der Waals surface area contributed by atoms with Gasteiger partial charge in [-0.3, -0.25) is 4.98 Å².